The summed E-state index contributed by atoms with van der Waals surface area (Å²) in [6.07, 6.45) is 1.71. The number of aliphatic hydroxyl groups is 1. The summed E-state index contributed by atoms with van der Waals surface area (Å²) < 4.78 is 0. The number of rotatable bonds is 7. The fourth-order valence-electron chi connectivity index (χ4n) is 3.53. The zero-order valence-electron chi connectivity index (χ0n) is 19.0. The fourth-order valence-corrected chi connectivity index (χ4v) is 4.69. The number of hydrogen-bond donors (Lipinski definition) is 3. The summed E-state index contributed by atoms with van der Waals surface area (Å²) >= 11 is 1.45. The maximum absolute atomic E-state index is 13.3. The molecule has 176 valence electrons. The Balaban J connectivity index is 1.79. The quantitative estimate of drug-likeness (QED) is 0.567. The molecule has 3 N–H and O–H groups in total. The molecule has 0 radical (unpaired) electrons. The van der Waals surface area contributed by atoms with Crippen LogP contribution in [0, 0.1) is 0 Å². The molecule has 1 unspecified atom stereocenters. The zero-order chi connectivity index (χ0) is 24.0. The Bertz CT molecular complexity index is 965. The zero-order valence-corrected chi connectivity index (χ0v) is 19.8. The number of pyridine rings is 1. The third kappa shape index (κ3) is 6.79. The third-order valence-electron chi connectivity index (χ3n) is 5.14. The summed E-state index contributed by atoms with van der Waals surface area (Å²) in [4.78, 5) is 44.2. The van der Waals surface area contributed by atoms with Gasteiger partial charge < -0.3 is 20.6 Å². The summed E-state index contributed by atoms with van der Waals surface area (Å²) in [7, 11) is 0. The van der Waals surface area contributed by atoms with E-state index in [1.54, 1.807) is 18.3 Å². The Labute approximate surface area is 198 Å². The molecule has 3 atom stereocenters. The average molecular weight is 471 g/mol. The van der Waals surface area contributed by atoms with Crippen LogP contribution in [0.2, 0.25) is 0 Å². The highest BCUT2D eigenvalue weighted by Gasteiger charge is 2.40. The van der Waals surface area contributed by atoms with Crippen molar-refractivity contribution in [2.45, 2.75) is 50.9 Å². The lowest BCUT2D eigenvalue weighted by molar-refractivity contribution is -0.146. The summed E-state index contributed by atoms with van der Waals surface area (Å²) in [5.74, 6) is -0.527. The maximum atomic E-state index is 13.3. The molecule has 1 aliphatic rings. The molecule has 1 saturated heterocycles. The Morgan fingerprint density at radius 1 is 1.18 bits per heavy atom. The van der Waals surface area contributed by atoms with Gasteiger partial charge in [-0.2, -0.15) is 0 Å². The molecule has 8 nitrogen and oxygen atoms in total. The van der Waals surface area contributed by atoms with E-state index >= 15 is 0 Å². The lowest BCUT2D eigenvalue weighted by atomic mass is 9.99. The van der Waals surface area contributed by atoms with Gasteiger partial charge in [-0.15, -0.1) is 11.8 Å². The molecule has 3 rings (SSSR count). The van der Waals surface area contributed by atoms with Crippen molar-refractivity contribution < 1.29 is 19.5 Å². The number of aliphatic hydroxyl groups excluding tert-OH is 1. The van der Waals surface area contributed by atoms with Crippen LogP contribution in [0.15, 0.2) is 54.9 Å². The van der Waals surface area contributed by atoms with E-state index in [4.69, 9.17) is 0 Å². The van der Waals surface area contributed by atoms with Gasteiger partial charge in [0.2, 0.25) is 5.91 Å². The van der Waals surface area contributed by atoms with Gasteiger partial charge in [-0.1, -0.05) is 30.3 Å². The van der Waals surface area contributed by atoms with Crippen LogP contribution >= 0.6 is 11.8 Å². The predicted octanol–water partition coefficient (Wildman–Crippen LogP) is 1.60. The average Bonchev–Trinajstić information content (AvgIpc) is 3.28. The Morgan fingerprint density at radius 2 is 1.91 bits per heavy atom. The Kier molecular flexibility index (Phi) is 8.10. The van der Waals surface area contributed by atoms with Crippen molar-refractivity contribution in [3.63, 3.8) is 0 Å². The van der Waals surface area contributed by atoms with Crippen molar-refractivity contribution in [2.75, 3.05) is 11.6 Å². The molecular formula is C24H30N4O4S. The van der Waals surface area contributed by atoms with Gasteiger partial charge >= 0.3 is 0 Å². The van der Waals surface area contributed by atoms with Gasteiger partial charge in [0.05, 0.1) is 17.5 Å². The minimum atomic E-state index is -1.52. The fraction of sp³-hybridized carbons (Fsp3) is 0.417. The van der Waals surface area contributed by atoms with E-state index in [1.165, 1.54) is 22.9 Å². The van der Waals surface area contributed by atoms with E-state index < -0.39 is 35.5 Å². The molecule has 0 spiro atoms. The number of thioether (sulfide) groups is 1. The number of benzene rings is 1. The molecule has 1 aromatic carbocycles. The van der Waals surface area contributed by atoms with Crippen molar-refractivity contribution in [3.8, 4) is 0 Å². The number of aromatic nitrogens is 1. The smallest absolute Gasteiger partial charge is 0.254 e. The first-order chi connectivity index (χ1) is 15.7. The van der Waals surface area contributed by atoms with Gasteiger partial charge in [0.15, 0.2) is 6.10 Å². The minimum absolute atomic E-state index is 0.250. The number of amides is 3. The standard InChI is InChI=1S/C24H30N4O4S/c1-24(2,3)27-22(31)19-14-33-15-28(19)23(32)20(29)18(12-16-8-5-4-6-9-16)26-21(30)17-10-7-11-25-13-17/h4-11,13,18-20,29H,12,14-15H2,1-3H3,(H,26,30)(H,27,31)/t18-,19?,20-/m0/s1. The van der Waals surface area contributed by atoms with E-state index in [0.717, 1.165) is 5.56 Å². The van der Waals surface area contributed by atoms with Gasteiger partial charge in [-0.25, -0.2) is 0 Å². The van der Waals surface area contributed by atoms with Gasteiger partial charge in [0, 0.05) is 23.7 Å². The number of carbonyl (C=O) groups is 3. The molecule has 1 fully saturated rings. The van der Waals surface area contributed by atoms with Crippen molar-refractivity contribution in [2.24, 2.45) is 0 Å². The van der Waals surface area contributed by atoms with Crippen LogP contribution in [0.4, 0.5) is 0 Å². The number of carbonyl (C=O) groups excluding carboxylic acids is 3. The van der Waals surface area contributed by atoms with Crippen LogP contribution in [0.1, 0.15) is 36.7 Å². The number of hydrogen-bond acceptors (Lipinski definition) is 6. The van der Waals surface area contributed by atoms with Crippen molar-refractivity contribution in [1.82, 2.24) is 20.5 Å². The summed E-state index contributed by atoms with van der Waals surface area (Å²) in [6, 6.07) is 11.0. The van der Waals surface area contributed by atoms with Gasteiger partial charge in [0.1, 0.15) is 6.04 Å². The Morgan fingerprint density at radius 3 is 2.55 bits per heavy atom. The van der Waals surface area contributed by atoms with E-state index in [9.17, 15) is 19.5 Å². The van der Waals surface area contributed by atoms with Crippen LogP contribution in [0.25, 0.3) is 0 Å². The molecule has 3 amide bonds. The second kappa shape index (κ2) is 10.8. The largest absolute Gasteiger partial charge is 0.381 e. The first-order valence-electron chi connectivity index (χ1n) is 10.8. The van der Waals surface area contributed by atoms with Gasteiger partial charge in [-0.3, -0.25) is 19.4 Å². The Hall–Kier alpha value is -2.91. The van der Waals surface area contributed by atoms with Crippen LogP contribution in [-0.2, 0) is 16.0 Å². The number of nitrogens with zero attached hydrogens (tertiary/aromatic N) is 2. The third-order valence-corrected chi connectivity index (χ3v) is 6.15. The highest BCUT2D eigenvalue weighted by atomic mass is 32.2. The second-order valence-electron chi connectivity index (χ2n) is 9.02. The summed E-state index contributed by atoms with van der Waals surface area (Å²) in [5.41, 5.74) is 0.749. The molecular weight excluding hydrogens is 440 g/mol. The molecule has 1 aliphatic heterocycles. The van der Waals surface area contributed by atoms with Crippen LogP contribution in [-0.4, -0.2) is 68.1 Å². The second-order valence-corrected chi connectivity index (χ2v) is 10.0. The number of nitrogens with one attached hydrogen (secondary N) is 2. The normalized spacial score (nSPS) is 17.8. The van der Waals surface area contributed by atoms with E-state index in [0.29, 0.717) is 17.2 Å². The van der Waals surface area contributed by atoms with Crippen LogP contribution in [0.5, 0.6) is 0 Å². The highest BCUT2D eigenvalue weighted by Crippen LogP contribution is 2.24. The molecule has 0 aliphatic carbocycles. The van der Waals surface area contributed by atoms with E-state index in [1.807, 2.05) is 51.1 Å². The molecule has 2 aromatic rings. The monoisotopic (exact) mass is 470 g/mol. The minimum Gasteiger partial charge on any atom is -0.381 e. The molecule has 1 aromatic heterocycles. The first-order valence-corrected chi connectivity index (χ1v) is 11.9. The van der Waals surface area contributed by atoms with E-state index in [-0.39, 0.29) is 12.3 Å². The van der Waals surface area contributed by atoms with Crippen molar-refractivity contribution in [1.29, 1.82) is 0 Å². The molecule has 9 heteroatoms. The predicted molar refractivity (Wildman–Crippen MR) is 127 cm³/mol. The van der Waals surface area contributed by atoms with Crippen molar-refractivity contribution >= 4 is 29.5 Å². The molecule has 0 saturated carbocycles. The lowest BCUT2D eigenvalue weighted by Crippen LogP contribution is -2.57. The molecule has 2 heterocycles. The topological polar surface area (TPSA) is 112 Å². The summed E-state index contributed by atoms with van der Waals surface area (Å²) in [5, 5.41) is 16.8. The highest BCUT2D eigenvalue weighted by molar-refractivity contribution is 7.99. The van der Waals surface area contributed by atoms with Gasteiger partial charge in [-0.05, 0) is 44.9 Å². The first kappa shape index (κ1) is 24.7. The lowest BCUT2D eigenvalue weighted by Gasteiger charge is -2.31. The van der Waals surface area contributed by atoms with Crippen LogP contribution in [0.3, 0.4) is 0 Å². The molecule has 0 bridgehead atoms. The summed E-state index contributed by atoms with van der Waals surface area (Å²) in [6.45, 7) is 5.62. The SMILES string of the molecule is CC(C)(C)NC(=O)C1CSCN1C(=O)[C@@H](O)[C@H](Cc1ccccc1)NC(=O)c1cccnc1. The molecule has 33 heavy (non-hydrogen) atoms. The van der Waals surface area contributed by atoms with Gasteiger partial charge in [0.25, 0.3) is 11.8 Å². The van der Waals surface area contributed by atoms with Crippen LogP contribution < -0.4 is 10.6 Å². The van der Waals surface area contributed by atoms with Crippen molar-refractivity contribution in [3.05, 3.63) is 66.0 Å². The van der Waals surface area contributed by atoms with E-state index in [2.05, 4.69) is 15.6 Å². The maximum Gasteiger partial charge on any atom is 0.254 e.